The van der Waals surface area contributed by atoms with E-state index in [1.54, 1.807) is 0 Å². The average molecular weight is 380 g/mol. The standard InChI is InChI=1S/C18H26BrN3O/c19-15-6-5-9-17(14-15)21-10-12-22(13-11-21)18(23)20-16-7-3-1-2-4-8-16/h5-6,9,14,16H,1-4,7-8,10-13H2,(H,20,23). The summed E-state index contributed by atoms with van der Waals surface area (Å²) in [5.41, 5.74) is 1.23. The summed E-state index contributed by atoms with van der Waals surface area (Å²) in [5.74, 6) is 0. The number of hydrogen-bond donors (Lipinski definition) is 1. The van der Waals surface area contributed by atoms with Crippen LogP contribution in [0.5, 0.6) is 0 Å². The second kappa shape index (κ2) is 8.04. The van der Waals surface area contributed by atoms with Gasteiger partial charge >= 0.3 is 6.03 Å². The number of benzene rings is 1. The van der Waals surface area contributed by atoms with Gasteiger partial charge in [-0.15, -0.1) is 0 Å². The van der Waals surface area contributed by atoms with Gasteiger partial charge in [-0.05, 0) is 31.0 Å². The maximum absolute atomic E-state index is 12.5. The van der Waals surface area contributed by atoms with E-state index in [0.717, 1.165) is 43.5 Å². The number of nitrogens with zero attached hydrogens (tertiary/aromatic N) is 2. The molecule has 2 fully saturated rings. The highest BCUT2D eigenvalue weighted by atomic mass is 79.9. The van der Waals surface area contributed by atoms with Crippen molar-refractivity contribution in [1.29, 1.82) is 0 Å². The predicted octanol–water partition coefficient (Wildman–Crippen LogP) is 4.00. The van der Waals surface area contributed by atoms with Crippen molar-refractivity contribution in [2.75, 3.05) is 31.1 Å². The highest BCUT2D eigenvalue weighted by molar-refractivity contribution is 9.10. The van der Waals surface area contributed by atoms with E-state index in [1.807, 2.05) is 11.0 Å². The lowest BCUT2D eigenvalue weighted by Gasteiger charge is -2.36. The third-order valence-electron chi connectivity index (χ3n) is 4.92. The highest BCUT2D eigenvalue weighted by Crippen LogP contribution is 2.21. The Morgan fingerprint density at radius 3 is 2.39 bits per heavy atom. The normalized spacial score (nSPS) is 20.2. The quantitative estimate of drug-likeness (QED) is 0.788. The first-order valence-electron chi connectivity index (χ1n) is 8.78. The Labute approximate surface area is 147 Å². The van der Waals surface area contributed by atoms with Crippen LogP contribution in [0.2, 0.25) is 0 Å². The Kier molecular flexibility index (Phi) is 5.81. The number of halogens is 1. The first kappa shape index (κ1) is 16.6. The molecular weight excluding hydrogens is 354 g/mol. The molecule has 1 saturated carbocycles. The lowest BCUT2D eigenvalue weighted by Crippen LogP contribution is -2.53. The number of urea groups is 1. The maximum Gasteiger partial charge on any atom is 0.317 e. The molecule has 3 rings (SSSR count). The summed E-state index contributed by atoms with van der Waals surface area (Å²) >= 11 is 3.52. The van der Waals surface area contributed by atoms with E-state index in [-0.39, 0.29) is 6.03 Å². The van der Waals surface area contributed by atoms with Crippen molar-refractivity contribution in [3.05, 3.63) is 28.7 Å². The number of piperazine rings is 1. The molecule has 23 heavy (non-hydrogen) atoms. The molecule has 0 spiro atoms. The molecule has 2 amide bonds. The molecule has 1 saturated heterocycles. The molecule has 0 unspecified atom stereocenters. The van der Waals surface area contributed by atoms with Crippen molar-refractivity contribution in [3.63, 3.8) is 0 Å². The Morgan fingerprint density at radius 2 is 1.74 bits per heavy atom. The molecule has 0 radical (unpaired) electrons. The fourth-order valence-electron chi connectivity index (χ4n) is 3.53. The number of carbonyl (C=O) groups excluding carboxylic acids is 1. The number of nitrogens with one attached hydrogen (secondary N) is 1. The van der Waals surface area contributed by atoms with E-state index in [2.05, 4.69) is 44.3 Å². The first-order chi connectivity index (χ1) is 11.2. The molecule has 1 aromatic carbocycles. The number of carbonyl (C=O) groups is 1. The molecule has 1 aliphatic carbocycles. The van der Waals surface area contributed by atoms with Gasteiger partial charge in [0.25, 0.3) is 0 Å². The lowest BCUT2D eigenvalue weighted by molar-refractivity contribution is 0.189. The van der Waals surface area contributed by atoms with E-state index >= 15 is 0 Å². The monoisotopic (exact) mass is 379 g/mol. The number of anilines is 1. The predicted molar refractivity (Wildman–Crippen MR) is 97.9 cm³/mol. The maximum atomic E-state index is 12.5. The van der Waals surface area contributed by atoms with Gasteiger partial charge in [0.15, 0.2) is 0 Å². The van der Waals surface area contributed by atoms with Gasteiger partial charge in [0.1, 0.15) is 0 Å². The molecule has 1 aliphatic heterocycles. The Bertz CT molecular complexity index is 521. The summed E-state index contributed by atoms with van der Waals surface area (Å²) in [5, 5.41) is 3.25. The van der Waals surface area contributed by atoms with Crippen molar-refractivity contribution in [2.45, 2.75) is 44.6 Å². The third kappa shape index (κ3) is 4.63. The van der Waals surface area contributed by atoms with Crippen molar-refractivity contribution in [2.24, 2.45) is 0 Å². The van der Waals surface area contributed by atoms with Gasteiger partial charge < -0.3 is 15.1 Å². The Balaban J connectivity index is 1.49. The van der Waals surface area contributed by atoms with Crippen molar-refractivity contribution in [3.8, 4) is 0 Å². The van der Waals surface area contributed by atoms with Crippen LogP contribution >= 0.6 is 15.9 Å². The Hall–Kier alpha value is -1.23. The van der Waals surface area contributed by atoms with Gasteiger partial charge in [-0.2, -0.15) is 0 Å². The van der Waals surface area contributed by atoms with Gasteiger partial charge in [-0.1, -0.05) is 47.7 Å². The van der Waals surface area contributed by atoms with E-state index in [0.29, 0.717) is 6.04 Å². The lowest BCUT2D eigenvalue weighted by atomic mass is 10.1. The summed E-state index contributed by atoms with van der Waals surface area (Å²) in [6.45, 7) is 3.39. The summed E-state index contributed by atoms with van der Waals surface area (Å²) in [6, 6.07) is 8.89. The van der Waals surface area contributed by atoms with Gasteiger partial charge in [0.2, 0.25) is 0 Å². The molecule has 1 heterocycles. The summed E-state index contributed by atoms with van der Waals surface area (Å²) < 4.78 is 1.10. The first-order valence-corrected chi connectivity index (χ1v) is 9.57. The highest BCUT2D eigenvalue weighted by Gasteiger charge is 2.23. The Morgan fingerprint density at radius 1 is 1.04 bits per heavy atom. The molecule has 0 bridgehead atoms. The van der Waals surface area contributed by atoms with Crippen molar-refractivity contribution >= 4 is 27.6 Å². The molecule has 0 atom stereocenters. The fraction of sp³-hybridized carbons (Fsp3) is 0.611. The van der Waals surface area contributed by atoms with Crippen LogP contribution in [0.25, 0.3) is 0 Å². The zero-order chi connectivity index (χ0) is 16.1. The molecule has 2 aliphatic rings. The molecule has 1 aromatic rings. The molecule has 126 valence electrons. The van der Waals surface area contributed by atoms with Crippen LogP contribution < -0.4 is 10.2 Å². The zero-order valence-corrected chi connectivity index (χ0v) is 15.2. The minimum atomic E-state index is 0.130. The van der Waals surface area contributed by atoms with Crippen LogP contribution in [0, 0.1) is 0 Å². The summed E-state index contributed by atoms with van der Waals surface area (Å²) in [6.07, 6.45) is 7.42. The van der Waals surface area contributed by atoms with Gasteiger partial charge in [0, 0.05) is 42.4 Å². The third-order valence-corrected chi connectivity index (χ3v) is 5.42. The van der Waals surface area contributed by atoms with Crippen LogP contribution in [0.4, 0.5) is 10.5 Å². The number of amides is 2. The average Bonchev–Trinajstić information content (AvgIpc) is 2.84. The SMILES string of the molecule is O=C(NC1CCCCCC1)N1CCN(c2cccc(Br)c2)CC1. The van der Waals surface area contributed by atoms with Crippen LogP contribution in [0.15, 0.2) is 28.7 Å². The largest absolute Gasteiger partial charge is 0.368 e. The second-order valence-corrected chi connectivity index (χ2v) is 7.51. The molecular formula is C18H26BrN3O. The fourth-order valence-corrected chi connectivity index (χ4v) is 3.92. The molecule has 5 heteroatoms. The van der Waals surface area contributed by atoms with Crippen molar-refractivity contribution < 1.29 is 4.79 Å². The van der Waals surface area contributed by atoms with Gasteiger partial charge in [0.05, 0.1) is 0 Å². The van der Waals surface area contributed by atoms with Crippen LogP contribution in [0.1, 0.15) is 38.5 Å². The number of rotatable bonds is 2. The van der Waals surface area contributed by atoms with E-state index < -0.39 is 0 Å². The smallest absolute Gasteiger partial charge is 0.317 e. The second-order valence-electron chi connectivity index (χ2n) is 6.59. The molecule has 0 aromatic heterocycles. The minimum absolute atomic E-state index is 0.130. The van der Waals surface area contributed by atoms with Gasteiger partial charge in [-0.25, -0.2) is 4.79 Å². The number of hydrogen-bond acceptors (Lipinski definition) is 2. The van der Waals surface area contributed by atoms with Crippen LogP contribution in [-0.2, 0) is 0 Å². The van der Waals surface area contributed by atoms with Gasteiger partial charge in [-0.3, -0.25) is 0 Å². The summed E-state index contributed by atoms with van der Waals surface area (Å²) in [7, 11) is 0. The van der Waals surface area contributed by atoms with E-state index in [4.69, 9.17) is 0 Å². The van der Waals surface area contributed by atoms with E-state index in [9.17, 15) is 4.79 Å². The summed E-state index contributed by atoms with van der Waals surface area (Å²) in [4.78, 5) is 16.8. The van der Waals surface area contributed by atoms with E-state index in [1.165, 1.54) is 31.4 Å². The minimum Gasteiger partial charge on any atom is -0.368 e. The van der Waals surface area contributed by atoms with Crippen LogP contribution in [-0.4, -0.2) is 43.2 Å². The van der Waals surface area contributed by atoms with Crippen LogP contribution in [0.3, 0.4) is 0 Å². The molecule has 4 nitrogen and oxygen atoms in total. The topological polar surface area (TPSA) is 35.6 Å². The van der Waals surface area contributed by atoms with Crippen molar-refractivity contribution in [1.82, 2.24) is 10.2 Å². The zero-order valence-electron chi connectivity index (χ0n) is 13.6. The molecule has 1 N–H and O–H groups in total.